The second-order valence-electron chi connectivity index (χ2n) is 18.1. The summed E-state index contributed by atoms with van der Waals surface area (Å²) >= 11 is 3.73. The van der Waals surface area contributed by atoms with Crippen LogP contribution in [-0.2, 0) is 49.6 Å². The Balaban J connectivity index is 1.15. The Morgan fingerprint density at radius 1 is 0.886 bits per heavy atom. The van der Waals surface area contributed by atoms with E-state index in [4.69, 9.17) is 24.8 Å². The van der Waals surface area contributed by atoms with Crippen LogP contribution >= 0.6 is 35.1 Å². The minimum atomic E-state index is -1.37. The van der Waals surface area contributed by atoms with Crippen LogP contribution < -0.4 is 16.4 Å². The molecular weight excluding hydrogens is 953 g/mol. The summed E-state index contributed by atoms with van der Waals surface area (Å²) in [5, 5.41) is 10.2. The zero-order valence-corrected chi connectivity index (χ0v) is 42.0. The van der Waals surface area contributed by atoms with E-state index in [2.05, 4.69) is 30.1 Å². The van der Waals surface area contributed by atoms with E-state index < -0.39 is 65.3 Å². The number of nitrogens with zero attached hydrogens (tertiary/aromatic N) is 5. The smallest absolute Gasteiger partial charge is 0.407 e. The maximum atomic E-state index is 14.6. The molecule has 4 heterocycles. The number of thioether (sulfide) groups is 2. The van der Waals surface area contributed by atoms with Gasteiger partial charge in [0.1, 0.15) is 17.3 Å². The van der Waals surface area contributed by atoms with E-state index in [9.17, 15) is 24.0 Å². The minimum absolute atomic E-state index is 0.0370. The third-order valence-corrected chi connectivity index (χ3v) is 13.6. The predicted octanol–water partition coefficient (Wildman–Crippen LogP) is 7.57. The third-order valence-electron chi connectivity index (χ3n) is 10.8. The summed E-state index contributed by atoms with van der Waals surface area (Å²) in [6.45, 7) is 10.1. The molecule has 7 rings (SSSR count). The molecule has 2 aliphatic rings. The Bertz CT molecular complexity index is 2650. The first-order valence-corrected chi connectivity index (χ1v) is 25.1. The monoisotopic (exact) mass is 1010 g/mol. The van der Waals surface area contributed by atoms with Crippen molar-refractivity contribution in [2.75, 3.05) is 24.8 Å². The molecule has 0 bridgehead atoms. The number of oxime groups is 1. The normalized spacial score (nSPS) is 16.1. The topological polar surface area (TPSA) is 227 Å². The first-order valence-electron chi connectivity index (χ1n) is 22.4. The number of nitrogens with one attached hydrogen (secondary N) is 2. The number of aromatic nitrogens is 3. The van der Waals surface area contributed by atoms with Crippen molar-refractivity contribution in [1.29, 1.82) is 0 Å². The molecule has 2 atom stereocenters. The predicted molar refractivity (Wildman–Crippen MR) is 267 cm³/mol. The van der Waals surface area contributed by atoms with Gasteiger partial charge in [-0.05, 0) is 66.0 Å². The molecule has 1 fully saturated rings. The molecule has 5 aromatic rings. The number of pyridine rings is 1. The summed E-state index contributed by atoms with van der Waals surface area (Å²) < 4.78 is 20.4. The van der Waals surface area contributed by atoms with Crippen LogP contribution in [0.2, 0.25) is 0 Å². The van der Waals surface area contributed by atoms with Gasteiger partial charge in [0.25, 0.3) is 11.8 Å². The van der Waals surface area contributed by atoms with Gasteiger partial charge in [0.15, 0.2) is 5.13 Å². The lowest BCUT2D eigenvalue weighted by Gasteiger charge is -2.50. The van der Waals surface area contributed by atoms with Gasteiger partial charge >= 0.3 is 18.0 Å². The number of β-lactam (4-membered cyclic amide) rings is 1. The highest BCUT2D eigenvalue weighted by Crippen LogP contribution is 2.45. The van der Waals surface area contributed by atoms with Crippen molar-refractivity contribution >= 4 is 75.7 Å². The summed E-state index contributed by atoms with van der Waals surface area (Å²) in [6, 6.07) is 28.4. The summed E-state index contributed by atoms with van der Waals surface area (Å²) in [5.41, 5.74) is 5.82. The molecule has 17 nitrogen and oxygen atoms in total. The number of alkyl carbamates (subject to hydrolysis) is 1. The first kappa shape index (κ1) is 51.1. The summed E-state index contributed by atoms with van der Waals surface area (Å²) in [6.07, 6.45) is 3.53. The lowest BCUT2D eigenvalue weighted by molar-refractivity contribution is -0.174. The zero-order valence-electron chi connectivity index (χ0n) is 39.5. The van der Waals surface area contributed by atoms with E-state index in [1.165, 1.54) is 16.7 Å². The van der Waals surface area contributed by atoms with Crippen molar-refractivity contribution in [3.63, 3.8) is 0 Å². The molecule has 0 saturated carbocycles. The maximum absolute atomic E-state index is 14.6. The van der Waals surface area contributed by atoms with E-state index in [1.54, 1.807) is 65.7 Å². The standard InChI is InChI=1S/C50H54N8O9S3/c1-48(2,3)45(62)65-30-64-44(61)40-37(69-36-24-25-52-28-31(36)29-68-27-26-53-47(63)66-49(4,5)6)23-22-35-38(43(60)58(35)40)54-42(59)39(41-55-46(51)70-57-41)56-67-50(32-16-10-7-11-17-32,33-18-12-8-13-19-33)34-20-14-9-15-21-34/h7-21,24-25,28,35,38H,22-23,26-27,29-30H2,1-6H3,(H,53,63)(H,54,59)(H2,51,55,57)/b56-39+. The summed E-state index contributed by atoms with van der Waals surface area (Å²) in [7, 11) is 0. The summed E-state index contributed by atoms with van der Waals surface area (Å²) in [4.78, 5) is 85.7. The van der Waals surface area contributed by atoms with Crippen LogP contribution in [0.5, 0.6) is 0 Å². The number of nitrogen functional groups attached to an aromatic ring is 1. The molecule has 70 heavy (non-hydrogen) atoms. The van der Waals surface area contributed by atoms with Gasteiger partial charge in [0.05, 0.1) is 11.5 Å². The van der Waals surface area contributed by atoms with Gasteiger partial charge in [-0.1, -0.05) is 108 Å². The fourth-order valence-corrected chi connectivity index (χ4v) is 10.0. The van der Waals surface area contributed by atoms with E-state index >= 15 is 0 Å². The molecule has 3 amide bonds. The number of esters is 2. The molecule has 4 N–H and O–H groups in total. The molecule has 1 saturated heterocycles. The average Bonchev–Trinajstić information content (AvgIpc) is 3.77. The van der Waals surface area contributed by atoms with Crippen LogP contribution in [0.4, 0.5) is 9.93 Å². The SMILES string of the molecule is CC(C)(C)OC(=O)NCCSCc1cnccc1SC1=C(C(=O)OCOC(=O)C(C)(C)C)N2C(=O)C(NC(=O)/C(=N/OC(c3ccccc3)(c3ccccc3)c3ccccc3)c3nsc(N)n3)C2CC1. The van der Waals surface area contributed by atoms with Crippen molar-refractivity contribution in [3.8, 4) is 0 Å². The van der Waals surface area contributed by atoms with Crippen LogP contribution in [-0.4, -0.2) is 91.6 Å². The number of amides is 3. The number of carbonyl (C=O) groups is 5. The molecular formula is C50H54N8O9S3. The van der Waals surface area contributed by atoms with E-state index in [1.807, 2.05) is 97.1 Å². The van der Waals surface area contributed by atoms with E-state index in [0.717, 1.165) is 22.0 Å². The van der Waals surface area contributed by atoms with Gasteiger partial charge in [-0.25, -0.2) is 9.59 Å². The number of rotatable bonds is 18. The number of ether oxygens (including phenoxy) is 3. The highest BCUT2D eigenvalue weighted by molar-refractivity contribution is 8.03. The van der Waals surface area contributed by atoms with Gasteiger partial charge in [-0.2, -0.15) is 21.1 Å². The number of fused-ring (bicyclic) bond motifs is 1. The number of anilines is 1. The van der Waals surface area contributed by atoms with Gasteiger partial charge in [-0.3, -0.25) is 24.3 Å². The number of nitrogens with two attached hydrogens (primary N) is 1. The molecule has 0 aliphatic carbocycles. The first-order chi connectivity index (χ1) is 33.5. The Hall–Kier alpha value is -6.77. The Kier molecular flexibility index (Phi) is 16.3. The number of allylic oxidation sites excluding steroid dienone is 1. The lowest BCUT2D eigenvalue weighted by Crippen LogP contribution is -2.72. The van der Waals surface area contributed by atoms with Crippen LogP contribution in [0, 0.1) is 5.41 Å². The highest BCUT2D eigenvalue weighted by atomic mass is 32.2. The Labute approximate surface area is 418 Å². The fourth-order valence-electron chi connectivity index (χ4n) is 7.53. The summed E-state index contributed by atoms with van der Waals surface area (Å²) in [5.74, 6) is -1.88. The van der Waals surface area contributed by atoms with Gasteiger partial charge in [-0.15, -0.1) is 0 Å². The number of hydrogen-bond acceptors (Lipinski definition) is 17. The highest BCUT2D eigenvalue weighted by Gasteiger charge is 2.54. The second-order valence-corrected chi connectivity index (χ2v) is 21.1. The van der Waals surface area contributed by atoms with Gasteiger partial charge in [0, 0.05) is 68.5 Å². The molecule has 2 unspecified atom stereocenters. The second kappa shape index (κ2) is 22.3. The van der Waals surface area contributed by atoms with Crippen LogP contribution in [0.15, 0.2) is 130 Å². The Morgan fingerprint density at radius 3 is 2.09 bits per heavy atom. The maximum Gasteiger partial charge on any atom is 0.407 e. The number of carbonyl (C=O) groups excluding carboxylic acids is 5. The quantitative estimate of drug-likeness (QED) is 0.0146. The number of hydrogen-bond donors (Lipinski definition) is 3. The Morgan fingerprint density at radius 2 is 1.51 bits per heavy atom. The van der Waals surface area contributed by atoms with Crippen molar-refractivity contribution in [3.05, 3.63) is 148 Å². The van der Waals surface area contributed by atoms with Crippen LogP contribution in [0.3, 0.4) is 0 Å². The average molecular weight is 1010 g/mol. The van der Waals surface area contributed by atoms with Gasteiger partial charge in [0.2, 0.25) is 23.9 Å². The largest absolute Gasteiger partial charge is 0.444 e. The van der Waals surface area contributed by atoms with E-state index in [-0.39, 0.29) is 22.4 Å². The lowest BCUT2D eigenvalue weighted by atomic mass is 9.80. The van der Waals surface area contributed by atoms with Crippen molar-refractivity contribution in [1.82, 2.24) is 29.9 Å². The molecule has 366 valence electrons. The van der Waals surface area contributed by atoms with Crippen molar-refractivity contribution in [2.24, 2.45) is 10.6 Å². The molecule has 0 radical (unpaired) electrons. The fraction of sp³-hybridized carbons (Fsp3) is 0.340. The molecule has 2 aliphatic heterocycles. The minimum Gasteiger partial charge on any atom is -0.444 e. The number of benzene rings is 3. The van der Waals surface area contributed by atoms with Gasteiger partial charge < -0.3 is 35.4 Å². The van der Waals surface area contributed by atoms with Crippen LogP contribution in [0.1, 0.15) is 82.5 Å². The molecule has 3 aromatic carbocycles. The van der Waals surface area contributed by atoms with E-state index in [0.29, 0.717) is 52.5 Å². The van der Waals surface area contributed by atoms with Crippen molar-refractivity contribution in [2.45, 2.75) is 88.3 Å². The molecule has 20 heteroatoms. The van der Waals surface area contributed by atoms with Crippen LogP contribution in [0.25, 0.3) is 0 Å². The third kappa shape index (κ3) is 12.1. The molecule has 0 spiro atoms. The molecule has 2 aromatic heterocycles. The van der Waals surface area contributed by atoms with Crippen molar-refractivity contribution < 1.29 is 43.0 Å². The zero-order chi connectivity index (χ0) is 50.1.